The molecule has 29 heavy (non-hydrogen) atoms. The Labute approximate surface area is 174 Å². The van der Waals surface area contributed by atoms with E-state index in [0.717, 1.165) is 18.5 Å². The van der Waals surface area contributed by atoms with E-state index in [9.17, 15) is 9.59 Å². The van der Waals surface area contributed by atoms with E-state index in [0.29, 0.717) is 32.1 Å². The van der Waals surface area contributed by atoms with Gasteiger partial charge in [0.25, 0.3) is 0 Å². The number of guanidine groups is 1. The van der Waals surface area contributed by atoms with E-state index in [1.807, 2.05) is 62.9 Å². The highest BCUT2D eigenvalue weighted by atomic mass is 16.2. The maximum atomic E-state index is 12.7. The number of benzene rings is 1. The number of carbonyl (C=O) groups is 2. The lowest BCUT2D eigenvalue weighted by molar-refractivity contribution is -0.133. The first-order valence-electron chi connectivity index (χ1n) is 10.6. The molecule has 0 aromatic heterocycles. The minimum Gasteiger partial charge on any atom is -0.357 e. The van der Waals surface area contributed by atoms with Crippen molar-refractivity contribution in [1.29, 1.82) is 0 Å². The number of likely N-dealkylation sites (N-methyl/N-ethyl adjacent to an activating group) is 1. The van der Waals surface area contributed by atoms with Gasteiger partial charge in [0.15, 0.2) is 5.96 Å². The summed E-state index contributed by atoms with van der Waals surface area (Å²) < 4.78 is 0. The van der Waals surface area contributed by atoms with Gasteiger partial charge in [-0.1, -0.05) is 44.2 Å². The fourth-order valence-corrected chi connectivity index (χ4v) is 3.38. The molecule has 0 saturated carbocycles. The number of rotatable bonds is 8. The monoisotopic (exact) mass is 401 g/mol. The molecular formula is C22H35N5O2. The average Bonchev–Trinajstić information content (AvgIpc) is 3.18. The maximum absolute atomic E-state index is 12.7. The number of nitrogens with one attached hydrogen (secondary N) is 2. The van der Waals surface area contributed by atoms with Crippen LogP contribution in [0.2, 0.25) is 0 Å². The second-order valence-corrected chi connectivity index (χ2v) is 7.66. The molecule has 1 heterocycles. The van der Waals surface area contributed by atoms with Gasteiger partial charge in [-0.25, -0.2) is 4.99 Å². The molecule has 0 aliphatic carbocycles. The van der Waals surface area contributed by atoms with Crippen LogP contribution in [0.3, 0.4) is 0 Å². The number of aliphatic imine (C=N–C) groups is 1. The first-order chi connectivity index (χ1) is 13.9. The molecule has 2 rings (SSSR count). The van der Waals surface area contributed by atoms with E-state index in [1.165, 1.54) is 0 Å². The number of amides is 2. The summed E-state index contributed by atoms with van der Waals surface area (Å²) >= 11 is 0. The Morgan fingerprint density at radius 2 is 1.97 bits per heavy atom. The van der Waals surface area contributed by atoms with Crippen molar-refractivity contribution in [2.45, 2.75) is 46.7 Å². The second kappa shape index (κ2) is 11.4. The molecule has 1 aromatic rings. The van der Waals surface area contributed by atoms with Crippen LogP contribution < -0.4 is 10.6 Å². The summed E-state index contributed by atoms with van der Waals surface area (Å²) in [5.74, 6) is 0.820. The summed E-state index contributed by atoms with van der Waals surface area (Å²) in [5, 5.41) is 6.58. The molecular weight excluding hydrogens is 366 g/mol. The van der Waals surface area contributed by atoms with Crippen molar-refractivity contribution in [3.8, 4) is 0 Å². The van der Waals surface area contributed by atoms with Crippen LogP contribution in [-0.4, -0.2) is 66.3 Å². The molecule has 2 N–H and O–H groups in total. The number of hydrogen-bond donors (Lipinski definition) is 2. The molecule has 0 spiro atoms. The Morgan fingerprint density at radius 1 is 1.24 bits per heavy atom. The number of hydrogen-bond acceptors (Lipinski definition) is 3. The molecule has 7 nitrogen and oxygen atoms in total. The van der Waals surface area contributed by atoms with Crippen molar-refractivity contribution in [3.05, 3.63) is 35.9 Å². The molecule has 1 aliphatic rings. The second-order valence-electron chi connectivity index (χ2n) is 7.66. The van der Waals surface area contributed by atoms with E-state index >= 15 is 0 Å². The smallest absolute Gasteiger partial charge is 0.244 e. The largest absolute Gasteiger partial charge is 0.357 e. The molecule has 1 aliphatic heterocycles. The van der Waals surface area contributed by atoms with Gasteiger partial charge < -0.3 is 20.4 Å². The van der Waals surface area contributed by atoms with Crippen LogP contribution in [0.1, 0.15) is 39.7 Å². The number of likely N-dealkylation sites (tertiary alicyclic amines) is 1. The predicted octanol–water partition coefficient (Wildman–Crippen LogP) is 1.85. The number of nitrogens with zero attached hydrogens (tertiary/aromatic N) is 3. The van der Waals surface area contributed by atoms with Gasteiger partial charge in [-0.15, -0.1) is 0 Å². The van der Waals surface area contributed by atoms with Gasteiger partial charge in [0.2, 0.25) is 11.8 Å². The molecule has 0 bridgehead atoms. The highest BCUT2D eigenvalue weighted by molar-refractivity contribution is 5.85. The van der Waals surface area contributed by atoms with Gasteiger partial charge in [-0.3, -0.25) is 9.59 Å². The quantitative estimate of drug-likeness (QED) is 0.515. The summed E-state index contributed by atoms with van der Waals surface area (Å²) in [7, 11) is 0. The first kappa shape index (κ1) is 22.7. The van der Waals surface area contributed by atoms with Crippen LogP contribution >= 0.6 is 0 Å². The molecule has 1 aromatic carbocycles. The fourth-order valence-electron chi connectivity index (χ4n) is 3.38. The van der Waals surface area contributed by atoms with Gasteiger partial charge in [0, 0.05) is 44.7 Å². The molecule has 1 saturated heterocycles. The Kier molecular flexibility index (Phi) is 8.96. The normalized spacial score (nSPS) is 16.8. The van der Waals surface area contributed by atoms with Gasteiger partial charge in [-0.2, -0.15) is 0 Å². The molecule has 160 valence electrons. The van der Waals surface area contributed by atoms with Gasteiger partial charge in [0.05, 0.1) is 0 Å². The first-order valence-corrected chi connectivity index (χ1v) is 10.6. The molecule has 7 heteroatoms. The van der Waals surface area contributed by atoms with E-state index in [2.05, 4.69) is 15.6 Å². The minimum atomic E-state index is -0.00316. The SMILES string of the molecule is CCNC(=NCC(=O)N(CC)Cc1ccccc1)NC1CCN(C(=O)C(C)C)C1. The van der Waals surface area contributed by atoms with Gasteiger partial charge in [0.1, 0.15) is 6.54 Å². The van der Waals surface area contributed by atoms with Crippen molar-refractivity contribution < 1.29 is 9.59 Å². The zero-order valence-electron chi connectivity index (χ0n) is 18.1. The molecule has 1 unspecified atom stereocenters. The van der Waals surface area contributed by atoms with E-state index in [4.69, 9.17) is 0 Å². The Bertz CT molecular complexity index is 690. The van der Waals surface area contributed by atoms with Crippen LogP contribution in [0.15, 0.2) is 35.3 Å². The Hall–Kier alpha value is -2.57. The zero-order chi connectivity index (χ0) is 21.2. The van der Waals surface area contributed by atoms with E-state index in [1.54, 1.807) is 4.90 Å². The average molecular weight is 402 g/mol. The minimum absolute atomic E-state index is 0.00316. The predicted molar refractivity (Wildman–Crippen MR) is 116 cm³/mol. The fraction of sp³-hybridized carbons (Fsp3) is 0.591. The van der Waals surface area contributed by atoms with Crippen molar-refractivity contribution in [2.75, 3.05) is 32.7 Å². The van der Waals surface area contributed by atoms with Crippen molar-refractivity contribution in [1.82, 2.24) is 20.4 Å². The van der Waals surface area contributed by atoms with Crippen LogP contribution in [0.4, 0.5) is 0 Å². The number of carbonyl (C=O) groups excluding carboxylic acids is 2. The molecule has 0 radical (unpaired) electrons. The third-order valence-electron chi connectivity index (χ3n) is 5.00. The Morgan fingerprint density at radius 3 is 2.59 bits per heavy atom. The van der Waals surface area contributed by atoms with Crippen molar-refractivity contribution >= 4 is 17.8 Å². The summed E-state index contributed by atoms with van der Waals surface area (Å²) in [4.78, 5) is 33.0. The third kappa shape index (κ3) is 7.07. The lowest BCUT2D eigenvalue weighted by atomic mass is 10.2. The Balaban J connectivity index is 1.92. The standard InChI is InChI=1S/C22H35N5O2/c1-5-23-22(25-19-12-13-27(16-19)21(29)17(3)4)24-14-20(28)26(6-2)15-18-10-8-7-9-11-18/h7-11,17,19H,5-6,12-16H2,1-4H3,(H2,23,24,25). The summed E-state index contributed by atoms with van der Waals surface area (Å²) in [5.41, 5.74) is 1.11. The van der Waals surface area contributed by atoms with Crippen LogP contribution in [-0.2, 0) is 16.1 Å². The van der Waals surface area contributed by atoms with E-state index in [-0.39, 0.29) is 30.3 Å². The topological polar surface area (TPSA) is 77.0 Å². The van der Waals surface area contributed by atoms with Crippen LogP contribution in [0.5, 0.6) is 0 Å². The van der Waals surface area contributed by atoms with Crippen LogP contribution in [0.25, 0.3) is 0 Å². The van der Waals surface area contributed by atoms with Crippen molar-refractivity contribution in [3.63, 3.8) is 0 Å². The lowest BCUT2D eigenvalue weighted by Crippen LogP contribution is -2.46. The van der Waals surface area contributed by atoms with E-state index < -0.39 is 0 Å². The summed E-state index contributed by atoms with van der Waals surface area (Å²) in [6.45, 7) is 11.3. The molecule has 2 amide bonds. The maximum Gasteiger partial charge on any atom is 0.244 e. The lowest BCUT2D eigenvalue weighted by Gasteiger charge is -2.22. The zero-order valence-corrected chi connectivity index (χ0v) is 18.1. The van der Waals surface area contributed by atoms with Crippen LogP contribution in [0, 0.1) is 5.92 Å². The molecule has 1 fully saturated rings. The van der Waals surface area contributed by atoms with Crippen molar-refractivity contribution in [2.24, 2.45) is 10.9 Å². The van der Waals surface area contributed by atoms with Gasteiger partial charge in [-0.05, 0) is 25.8 Å². The summed E-state index contributed by atoms with van der Waals surface area (Å²) in [6, 6.07) is 10.1. The highest BCUT2D eigenvalue weighted by Gasteiger charge is 2.28. The summed E-state index contributed by atoms with van der Waals surface area (Å²) in [6.07, 6.45) is 0.881. The van der Waals surface area contributed by atoms with Gasteiger partial charge >= 0.3 is 0 Å². The highest BCUT2D eigenvalue weighted by Crippen LogP contribution is 2.12. The molecule has 1 atom stereocenters. The third-order valence-corrected chi connectivity index (χ3v) is 5.00.